The van der Waals surface area contributed by atoms with E-state index in [0.717, 1.165) is 43.8 Å². The molecule has 8 nitrogen and oxygen atoms in total. The third-order valence-corrected chi connectivity index (χ3v) is 7.46. The predicted molar refractivity (Wildman–Crippen MR) is 170 cm³/mol. The first-order chi connectivity index (χ1) is 20.8. The molecule has 2 aliphatic rings. The summed E-state index contributed by atoms with van der Waals surface area (Å²) in [6.45, 7) is 0. The second-order valence-electron chi connectivity index (χ2n) is 9.79. The van der Waals surface area contributed by atoms with E-state index >= 15 is 0 Å². The van der Waals surface area contributed by atoms with Crippen LogP contribution in [0.25, 0.3) is 89.7 Å². The van der Waals surface area contributed by atoms with E-state index in [1.807, 2.05) is 97.1 Å². The summed E-state index contributed by atoms with van der Waals surface area (Å²) in [5.41, 5.74) is 6.45. The van der Waals surface area contributed by atoms with Crippen molar-refractivity contribution >= 4 is 75.9 Å². The van der Waals surface area contributed by atoms with Crippen LogP contribution in [0.1, 0.15) is 0 Å². The molecular formula is C32H20ClInN8. The number of rotatable bonds is 0. The molecule has 0 fully saturated rings. The van der Waals surface area contributed by atoms with Gasteiger partial charge in [0.05, 0.1) is 0 Å². The maximum absolute atomic E-state index is 5.02. The number of hydrogen-bond donors (Lipinski definition) is 2. The summed E-state index contributed by atoms with van der Waals surface area (Å²) in [4.78, 5) is 36.8. The number of H-pyrrole nitrogens is 2. The maximum Gasteiger partial charge on any atom is 0.164 e. The molecule has 0 radical (unpaired) electrons. The van der Waals surface area contributed by atoms with E-state index in [0.29, 0.717) is 69.1 Å². The van der Waals surface area contributed by atoms with E-state index in [1.54, 1.807) is 0 Å². The topological polar surface area (TPSA) is 109 Å². The van der Waals surface area contributed by atoms with Crippen molar-refractivity contribution in [2.24, 2.45) is 0 Å². The first-order valence-electron chi connectivity index (χ1n) is 13.4. The van der Waals surface area contributed by atoms with E-state index in [1.165, 1.54) is 0 Å². The predicted octanol–water partition coefficient (Wildman–Crippen LogP) is 6.64. The Kier molecular flexibility index (Phi) is 6.01. The zero-order chi connectivity index (χ0) is 28.2. The average Bonchev–Trinajstić information content (AvgIpc) is 3.78. The number of aromatic nitrogens is 8. The van der Waals surface area contributed by atoms with Crippen LogP contribution in [-0.2, 0) is 0 Å². The molecule has 0 unspecified atom stereocenters. The van der Waals surface area contributed by atoms with Gasteiger partial charge < -0.3 is 9.97 Å². The van der Waals surface area contributed by atoms with Crippen molar-refractivity contribution < 1.29 is 0 Å². The first-order valence-corrected chi connectivity index (χ1v) is 20.6. The van der Waals surface area contributed by atoms with Crippen LogP contribution in [0.2, 0.25) is 0 Å². The van der Waals surface area contributed by atoms with Gasteiger partial charge in [-0.2, -0.15) is 0 Å². The van der Waals surface area contributed by atoms with E-state index in [-0.39, 0.29) is 0 Å². The molecule has 0 aliphatic carbocycles. The Morgan fingerprint density at radius 2 is 0.595 bits per heavy atom. The second kappa shape index (κ2) is 10.0. The Bertz CT molecular complexity index is 2040. The van der Waals surface area contributed by atoms with Crippen LogP contribution in [0.15, 0.2) is 97.1 Å². The van der Waals surface area contributed by atoms with Crippen molar-refractivity contribution in [2.75, 3.05) is 0 Å². The van der Waals surface area contributed by atoms with Crippen LogP contribution >= 0.6 is 8.58 Å². The quantitative estimate of drug-likeness (QED) is 0.188. The molecule has 4 aromatic carbocycles. The van der Waals surface area contributed by atoms with Crippen LogP contribution in [-0.4, -0.2) is 63.1 Å². The molecule has 9 rings (SSSR count). The van der Waals surface area contributed by atoms with Gasteiger partial charge in [0, 0.05) is 43.8 Å². The molecule has 198 valence electrons. The standard InChI is InChI=1S/C32H18N8.ClH.In.2H/c1-2-10-18-17(9-1)25-33-26(18)38-28-21-13-5-6-14-22(21)30(35-28)40-32-24-16-8-7-15-23(24)31(36-32)39-29-20-12-4-3-11-19(20)27(34-29)37-25;;;;/h1-16H,(H2,33,34,35,36,37,38,39,40);1H;;;/q;;+1;;/p-1. The molecular weight excluding hydrogens is 647 g/mol. The zero-order valence-electron chi connectivity index (χ0n) is 22.3. The van der Waals surface area contributed by atoms with E-state index in [4.69, 9.17) is 38.5 Å². The molecule has 2 aliphatic heterocycles. The van der Waals surface area contributed by atoms with Crippen molar-refractivity contribution in [1.82, 2.24) is 39.9 Å². The summed E-state index contributed by atoms with van der Waals surface area (Å²) in [5.74, 6) is 2.39. The number of benzene rings is 4. The largest absolute Gasteiger partial charge is 0.324 e. The summed E-state index contributed by atoms with van der Waals surface area (Å²) >= 11 is 0.422. The third kappa shape index (κ3) is 3.92. The minimum atomic E-state index is 0.422. The van der Waals surface area contributed by atoms with Crippen LogP contribution in [0, 0.1) is 0 Å². The fraction of sp³-hybridized carbons (Fsp3) is 0. The Balaban J connectivity index is 0.00000131. The molecule has 2 N–H and O–H groups in total. The van der Waals surface area contributed by atoms with Crippen molar-refractivity contribution in [3.05, 3.63) is 97.1 Å². The van der Waals surface area contributed by atoms with Crippen molar-refractivity contribution in [3.8, 4) is 45.6 Å². The number of halogens is 1. The zero-order valence-corrected chi connectivity index (χ0v) is 28.8. The van der Waals surface area contributed by atoms with Gasteiger partial charge in [-0.3, -0.25) is 0 Å². The minimum absolute atomic E-state index is 0.422. The minimum Gasteiger partial charge on any atom is -0.324 e. The van der Waals surface area contributed by atoms with Gasteiger partial charge in [-0.05, 0) is 0 Å². The smallest absolute Gasteiger partial charge is 0.164 e. The number of hydrogen-bond acceptors (Lipinski definition) is 6. The summed E-state index contributed by atoms with van der Waals surface area (Å²) in [6.07, 6.45) is 0. The Morgan fingerprint density at radius 1 is 0.357 bits per heavy atom. The van der Waals surface area contributed by atoms with Crippen molar-refractivity contribution in [2.45, 2.75) is 0 Å². The fourth-order valence-corrected chi connectivity index (χ4v) is 5.59. The summed E-state index contributed by atoms with van der Waals surface area (Å²) < 4.78 is 0. The molecule has 0 spiro atoms. The van der Waals surface area contributed by atoms with Crippen molar-refractivity contribution in [3.63, 3.8) is 0 Å². The Labute approximate surface area is 257 Å². The molecule has 0 amide bonds. The molecule has 0 atom stereocenters. The van der Waals surface area contributed by atoms with Gasteiger partial charge in [-0.25, -0.2) is 29.9 Å². The van der Waals surface area contributed by atoms with E-state index in [2.05, 4.69) is 9.97 Å². The molecule has 10 heteroatoms. The van der Waals surface area contributed by atoms with Crippen LogP contribution in [0.4, 0.5) is 0 Å². The normalized spacial score (nSPS) is 11.5. The first kappa shape index (κ1) is 25.1. The SMILES string of the molecule is [Cl][InH2].c1ccc2c(c1)-c1nc-2nc2[nH]c(nc3nc(nc4[nH]c(n1)c1ccccc41)-c1ccccc1-3)c1ccccc21. The molecule has 5 heterocycles. The summed E-state index contributed by atoms with van der Waals surface area (Å²) in [5, 5.41) is 3.82. The number of aromatic amines is 2. The number of nitrogens with one attached hydrogen (secondary N) is 2. The fourth-order valence-electron chi connectivity index (χ4n) is 5.59. The van der Waals surface area contributed by atoms with Gasteiger partial charge in [0.25, 0.3) is 0 Å². The van der Waals surface area contributed by atoms with Crippen LogP contribution in [0.3, 0.4) is 0 Å². The van der Waals surface area contributed by atoms with Crippen molar-refractivity contribution in [1.29, 1.82) is 0 Å². The summed E-state index contributed by atoms with van der Waals surface area (Å²) in [7, 11) is 4.85. The number of fused-ring (bicyclic) bond motifs is 20. The average molecular weight is 667 g/mol. The third-order valence-electron chi connectivity index (χ3n) is 7.46. The monoisotopic (exact) mass is 666 g/mol. The van der Waals surface area contributed by atoms with E-state index in [9.17, 15) is 0 Å². The Hall–Kier alpha value is -4.60. The summed E-state index contributed by atoms with van der Waals surface area (Å²) in [6, 6.07) is 32.2. The van der Waals surface area contributed by atoms with Crippen LogP contribution < -0.4 is 0 Å². The van der Waals surface area contributed by atoms with Gasteiger partial charge in [0.1, 0.15) is 22.6 Å². The van der Waals surface area contributed by atoms with Gasteiger partial charge in [0.2, 0.25) is 0 Å². The molecule has 42 heavy (non-hydrogen) atoms. The second-order valence-corrected chi connectivity index (χ2v) is 9.79. The van der Waals surface area contributed by atoms with Gasteiger partial charge in [-0.1, -0.05) is 97.1 Å². The van der Waals surface area contributed by atoms with Gasteiger partial charge in [-0.15, -0.1) is 0 Å². The van der Waals surface area contributed by atoms with Crippen LogP contribution in [0.5, 0.6) is 0 Å². The van der Waals surface area contributed by atoms with E-state index < -0.39 is 0 Å². The molecule has 0 saturated carbocycles. The molecule has 8 bridgehead atoms. The molecule has 7 aromatic rings. The maximum atomic E-state index is 5.02. The Morgan fingerprint density at radius 3 is 0.857 bits per heavy atom. The van der Waals surface area contributed by atoms with Gasteiger partial charge in [0.15, 0.2) is 23.3 Å². The molecule has 3 aromatic heterocycles. The van der Waals surface area contributed by atoms with Gasteiger partial charge >= 0.3 is 31.8 Å². The molecule has 0 saturated heterocycles. The number of nitrogens with zero attached hydrogens (tertiary/aromatic N) is 6.